The SMILES string of the molecule is CCCCCCCCOC(=O)CC(CC=O)CC(=O)OCC(CCCC)C(C)C. The molecular formula is C24H44O5. The van der Waals surface area contributed by atoms with Crippen LogP contribution in [0.25, 0.3) is 0 Å². The van der Waals surface area contributed by atoms with Gasteiger partial charge in [-0.25, -0.2) is 0 Å². The van der Waals surface area contributed by atoms with Gasteiger partial charge in [-0.05, 0) is 30.6 Å². The van der Waals surface area contributed by atoms with Crippen molar-refractivity contribution in [2.45, 2.75) is 105 Å². The van der Waals surface area contributed by atoms with Crippen LogP contribution in [0.15, 0.2) is 0 Å². The molecule has 29 heavy (non-hydrogen) atoms. The van der Waals surface area contributed by atoms with Gasteiger partial charge in [-0.3, -0.25) is 9.59 Å². The molecule has 0 aliphatic carbocycles. The van der Waals surface area contributed by atoms with E-state index in [-0.39, 0.29) is 37.1 Å². The van der Waals surface area contributed by atoms with Crippen molar-refractivity contribution in [3.8, 4) is 0 Å². The molecular weight excluding hydrogens is 368 g/mol. The average molecular weight is 413 g/mol. The van der Waals surface area contributed by atoms with Crippen LogP contribution in [0, 0.1) is 17.8 Å². The van der Waals surface area contributed by atoms with Crippen LogP contribution in [-0.2, 0) is 23.9 Å². The van der Waals surface area contributed by atoms with E-state index in [1.165, 1.54) is 25.7 Å². The Morgan fingerprint density at radius 3 is 2.00 bits per heavy atom. The molecule has 0 amide bonds. The molecule has 0 saturated heterocycles. The molecule has 0 saturated carbocycles. The first-order valence-electron chi connectivity index (χ1n) is 11.7. The number of carbonyl (C=O) groups excluding carboxylic acids is 3. The average Bonchev–Trinajstić information content (AvgIpc) is 2.67. The smallest absolute Gasteiger partial charge is 0.306 e. The Kier molecular flexibility index (Phi) is 17.7. The number of hydrogen-bond acceptors (Lipinski definition) is 5. The van der Waals surface area contributed by atoms with E-state index in [9.17, 15) is 14.4 Å². The van der Waals surface area contributed by atoms with Crippen molar-refractivity contribution in [1.82, 2.24) is 0 Å². The monoisotopic (exact) mass is 412 g/mol. The molecule has 0 aromatic rings. The maximum atomic E-state index is 12.2. The Morgan fingerprint density at radius 1 is 0.828 bits per heavy atom. The fourth-order valence-electron chi connectivity index (χ4n) is 3.31. The van der Waals surface area contributed by atoms with Crippen LogP contribution >= 0.6 is 0 Å². The van der Waals surface area contributed by atoms with Gasteiger partial charge in [0.1, 0.15) is 6.29 Å². The van der Waals surface area contributed by atoms with Crippen molar-refractivity contribution in [3.05, 3.63) is 0 Å². The van der Waals surface area contributed by atoms with E-state index in [0.29, 0.717) is 25.0 Å². The molecule has 0 aromatic heterocycles. The minimum atomic E-state index is -0.342. The Hall–Kier alpha value is -1.39. The first-order chi connectivity index (χ1) is 13.9. The van der Waals surface area contributed by atoms with E-state index in [4.69, 9.17) is 9.47 Å². The molecule has 2 unspecified atom stereocenters. The maximum Gasteiger partial charge on any atom is 0.306 e. The first kappa shape index (κ1) is 27.6. The second-order valence-corrected chi connectivity index (χ2v) is 8.49. The van der Waals surface area contributed by atoms with E-state index in [1.807, 2.05) is 0 Å². The second kappa shape index (κ2) is 18.6. The fraction of sp³-hybridized carbons (Fsp3) is 0.875. The third-order valence-corrected chi connectivity index (χ3v) is 5.43. The lowest BCUT2D eigenvalue weighted by molar-refractivity contribution is -0.148. The lowest BCUT2D eigenvalue weighted by atomic mass is 9.91. The zero-order valence-corrected chi connectivity index (χ0v) is 19.3. The number of hydrogen-bond donors (Lipinski definition) is 0. The van der Waals surface area contributed by atoms with Gasteiger partial charge in [0, 0.05) is 19.3 Å². The summed E-state index contributed by atoms with van der Waals surface area (Å²) in [6, 6.07) is 0. The van der Waals surface area contributed by atoms with Gasteiger partial charge in [0.15, 0.2) is 0 Å². The van der Waals surface area contributed by atoms with Crippen molar-refractivity contribution >= 4 is 18.2 Å². The topological polar surface area (TPSA) is 69.7 Å². The summed E-state index contributed by atoms with van der Waals surface area (Å²) in [4.78, 5) is 35.2. The summed E-state index contributed by atoms with van der Waals surface area (Å²) in [5, 5.41) is 0. The number of aldehydes is 1. The van der Waals surface area contributed by atoms with Crippen LogP contribution in [0.3, 0.4) is 0 Å². The van der Waals surface area contributed by atoms with Crippen LogP contribution in [0.5, 0.6) is 0 Å². The van der Waals surface area contributed by atoms with Crippen molar-refractivity contribution in [2.75, 3.05) is 13.2 Å². The first-order valence-corrected chi connectivity index (χ1v) is 11.7. The summed E-state index contributed by atoms with van der Waals surface area (Å²) in [5.41, 5.74) is 0. The highest BCUT2D eigenvalue weighted by Crippen LogP contribution is 2.20. The number of esters is 2. The number of carbonyl (C=O) groups is 3. The second-order valence-electron chi connectivity index (χ2n) is 8.49. The molecule has 0 N–H and O–H groups in total. The lowest BCUT2D eigenvalue weighted by Gasteiger charge is -2.21. The van der Waals surface area contributed by atoms with E-state index in [1.54, 1.807) is 0 Å². The molecule has 5 heteroatoms. The molecule has 0 aliphatic rings. The Balaban J connectivity index is 4.19. The molecule has 0 radical (unpaired) electrons. The molecule has 0 aliphatic heterocycles. The Bertz CT molecular complexity index is 433. The summed E-state index contributed by atoms with van der Waals surface area (Å²) < 4.78 is 10.7. The standard InChI is InChI=1S/C24H44O5/c1-5-7-9-10-11-12-16-28-23(26)17-21(14-15-25)18-24(27)29-19-22(20(3)4)13-8-6-2/h15,20-22H,5-14,16-19H2,1-4H3. The molecule has 0 bridgehead atoms. The van der Waals surface area contributed by atoms with Crippen molar-refractivity contribution < 1.29 is 23.9 Å². The Morgan fingerprint density at radius 2 is 1.41 bits per heavy atom. The largest absolute Gasteiger partial charge is 0.466 e. The zero-order valence-electron chi connectivity index (χ0n) is 19.3. The summed E-state index contributed by atoms with van der Waals surface area (Å²) in [7, 11) is 0. The molecule has 5 nitrogen and oxygen atoms in total. The fourth-order valence-corrected chi connectivity index (χ4v) is 3.31. The summed E-state index contributed by atoms with van der Waals surface area (Å²) in [6.45, 7) is 9.44. The van der Waals surface area contributed by atoms with E-state index in [0.717, 1.165) is 38.4 Å². The number of unbranched alkanes of at least 4 members (excludes halogenated alkanes) is 6. The maximum absolute atomic E-state index is 12.2. The highest BCUT2D eigenvalue weighted by molar-refractivity contribution is 5.74. The predicted molar refractivity (Wildman–Crippen MR) is 117 cm³/mol. The van der Waals surface area contributed by atoms with Crippen LogP contribution in [0.1, 0.15) is 105 Å². The third kappa shape index (κ3) is 16.1. The number of ether oxygens (including phenoxy) is 2. The van der Waals surface area contributed by atoms with Gasteiger partial charge < -0.3 is 14.3 Å². The van der Waals surface area contributed by atoms with E-state index >= 15 is 0 Å². The van der Waals surface area contributed by atoms with Gasteiger partial charge in [-0.15, -0.1) is 0 Å². The summed E-state index contributed by atoms with van der Waals surface area (Å²) in [5.74, 6) is -0.197. The molecule has 0 aromatic carbocycles. The van der Waals surface area contributed by atoms with Gasteiger partial charge in [0.05, 0.1) is 13.2 Å². The van der Waals surface area contributed by atoms with Gasteiger partial charge in [-0.1, -0.05) is 72.6 Å². The third-order valence-electron chi connectivity index (χ3n) is 5.43. The Labute approximate surface area is 178 Å². The van der Waals surface area contributed by atoms with Gasteiger partial charge in [-0.2, -0.15) is 0 Å². The van der Waals surface area contributed by atoms with Crippen LogP contribution < -0.4 is 0 Å². The highest BCUT2D eigenvalue weighted by atomic mass is 16.5. The molecule has 0 spiro atoms. The quantitative estimate of drug-likeness (QED) is 0.150. The van der Waals surface area contributed by atoms with E-state index in [2.05, 4.69) is 27.7 Å². The van der Waals surface area contributed by atoms with Crippen molar-refractivity contribution in [2.24, 2.45) is 17.8 Å². The van der Waals surface area contributed by atoms with Gasteiger partial charge in [0.2, 0.25) is 0 Å². The zero-order chi connectivity index (χ0) is 21.9. The van der Waals surface area contributed by atoms with Crippen LogP contribution in [-0.4, -0.2) is 31.4 Å². The summed E-state index contributed by atoms with van der Waals surface area (Å²) >= 11 is 0. The molecule has 0 heterocycles. The van der Waals surface area contributed by atoms with Crippen LogP contribution in [0.4, 0.5) is 0 Å². The van der Waals surface area contributed by atoms with Gasteiger partial charge in [0.25, 0.3) is 0 Å². The summed E-state index contributed by atoms with van der Waals surface area (Å²) in [6.07, 6.45) is 11.2. The molecule has 0 fully saturated rings. The normalized spacial score (nSPS) is 13.1. The predicted octanol–water partition coefficient (Wildman–Crippen LogP) is 5.88. The van der Waals surface area contributed by atoms with Crippen LogP contribution in [0.2, 0.25) is 0 Å². The lowest BCUT2D eigenvalue weighted by Crippen LogP contribution is -2.22. The highest BCUT2D eigenvalue weighted by Gasteiger charge is 2.21. The van der Waals surface area contributed by atoms with Crippen molar-refractivity contribution in [3.63, 3.8) is 0 Å². The minimum Gasteiger partial charge on any atom is -0.466 e. The molecule has 0 rings (SSSR count). The van der Waals surface area contributed by atoms with Crippen molar-refractivity contribution in [1.29, 1.82) is 0 Å². The van der Waals surface area contributed by atoms with Gasteiger partial charge >= 0.3 is 11.9 Å². The molecule has 170 valence electrons. The molecule has 2 atom stereocenters. The minimum absolute atomic E-state index is 0.0868. The van der Waals surface area contributed by atoms with E-state index < -0.39 is 0 Å². The number of rotatable bonds is 19.